The first-order valence-electron chi connectivity index (χ1n) is 7.17. The van der Waals surface area contributed by atoms with Gasteiger partial charge >= 0.3 is 0 Å². The molecule has 2 aliphatic rings. The number of halogens is 2. The predicted molar refractivity (Wildman–Crippen MR) is 87.0 cm³/mol. The molecule has 0 bridgehead atoms. The van der Waals surface area contributed by atoms with E-state index in [4.69, 9.17) is 16.3 Å². The van der Waals surface area contributed by atoms with Crippen molar-refractivity contribution in [2.45, 2.75) is 25.3 Å². The Balaban J connectivity index is 1.79. The number of fused-ring (bicyclic) bond motifs is 1. The molecular formula is C15H18BrClN2O2. The van der Waals surface area contributed by atoms with Gasteiger partial charge in [-0.25, -0.2) is 0 Å². The Bertz CT molecular complexity index is 567. The van der Waals surface area contributed by atoms with Crippen molar-refractivity contribution in [3.8, 4) is 5.75 Å². The Morgan fingerprint density at radius 1 is 1.48 bits per heavy atom. The van der Waals surface area contributed by atoms with Gasteiger partial charge in [-0.3, -0.25) is 4.79 Å². The highest BCUT2D eigenvalue weighted by molar-refractivity contribution is 9.10. The number of amides is 1. The Labute approximate surface area is 137 Å². The third-order valence-corrected chi connectivity index (χ3v) is 5.31. The SMILES string of the molecule is COc1c(Br)cc(Cl)cc1NC(=O)C1NCC2CCCC21. The molecule has 0 radical (unpaired) electrons. The zero-order valence-corrected chi connectivity index (χ0v) is 14.1. The second-order valence-corrected chi connectivity index (χ2v) is 6.99. The average Bonchev–Trinajstić information content (AvgIpc) is 2.99. The number of carbonyl (C=O) groups excluding carboxylic acids is 1. The molecule has 3 unspecified atom stereocenters. The van der Waals surface area contributed by atoms with Crippen LogP contribution in [0, 0.1) is 11.8 Å². The molecule has 1 heterocycles. The molecule has 2 N–H and O–H groups in total. The zero-order valence-electron chi connectivity index (χ0n) is 11.8. The summed E-state index contributed by atoms with van der Waals surface area (Å²) < 4.78 is 6.07. The van der Waals surface area contributed by atoms with Crippen LogP contribution in [0.15, 0.2) is 16.6 Å². The van der Waals surface area contributed by atoms with Crippen molar-refractivity contribution >= 4 is 39.1 Å². The molecule has 6 heteroatoms. The Morgan fingerprint density at radius 2 is 2.29 bits per heavy atom. The van der Waals surface area contributed by atoms with Crippen LogP contribution in [-0.2, 0) is 4.79 Å². The number of benzene rings is 1. The van der Waals surface area contributed by atoms with Crippen molar-refractivity contribution in [3.05, 3.63) is 21.6 Å². The zero-order chi connectivity index (χ0) is 15.0. The van der Waals surface area contributed by atoms with E-state index in [2.05, 4.69) is 26.6 Å². The molecule has 4 nitrogen and oxygen atoms in total. The summed E-state index contributed by atoms with van der Waals surface area (Å²) in [5.41, 5.74) is 0.602. The lowest BCUT2D eigenvalue weighted by molar-refractivity contribution is -0.118. The lowest BCUT2D eigenvalue weighted by Crippen LogP contribution is -2.39. The molecule has 1 aliphatic carbocycles. The number of rotatable bonds is 3. The number of carbonyl (C=O) groups is 1. The van der Waals surface area contributed by atoms with Crippen molar-refractivity contribution in [1.29, 1.82) is 0 Å². The maximum atomic E-state index is 12.6. The molecule has 1 aromatic rings. The van der Waals surface area contributed by atoms with Gasteiger partial charge < -0.3 is 15.4 Å². The van der Waals surface area contributed by atoms with Gasteiger partial charge in [0.2, 0.25) is 5.91 Å². The van der Waals surface area contributed by atoms with Crippen molar-refractivity contribution in [2.75, 3.05) is 19.0 Å². The third kappa shape index (κ3) is 2.91. The molecule has 1 saturated heterocycles. The number of ether oxygens (including phenoxy) is 1. The molecule has 1 aliphatic heterocycles. The van der Waals surface area contributed by atoms with Crippen molar-refractivity contribution in [1.82, 2.24) is 5.32 Å². The quantitative estimate of drug-likeness (QED) is 0.853. The van der Waals surface area contributed by atoms with Crippen LogP contribution in [0.5, 0.6) is 5.75 Å². The topological polar surface area (TPSA) is 50.4 Å². The van der Waals surface area contributed by atoms with Crippen LogP contribution >= 0.6 is 27.5 Å². The van der Waals surface area contributed by atoms with Gasteiger partial charge in [-0.2, -0.15) is 0 Å². The Kier molecular flexibility index (Phi) is 4.43. The molecular weight excluding hydrogens is 356 g/mol. The van der Waals surface area contributed by atoms with E-state index in [0.717, 1.165) is 17.4 Å². The maximum absolute atomic E-state index is 12.6. The molecule has 1 aromatic carbocycles. The molecule has 1 saturated carbocycles. The maximum Gasteiger partial charge on any atom is 0.241 e. The number of anilines is 1. The van der Waals surface area contributed by atoms with E-state index >= 15 is 0 Å². The smallest absolute Gasteiger partial charge is 0.241 e. The van der Waals surface area contributed by atoms with Crippen LogP contribution in [0.25, 0.3) is 0 Å². The summed E-state index contributed by atoms with van der Waals surface area (Å²) in [6.45, 7) is 0.944. The largest absolute Gasteiger partial charge is 0.493 e. The van der Waals surface area contributed by atoms with Crippen molar-refractivity contribution < 1.29 is 9.53 Å². The fourth-order valence-electron chi connectivity index (χ4n) is 3.55. The first-order chi connectivity index (χ1) is 10.1. The van der Waals surface area contributed by atoms with E-state index in [1.165, 1.54) is 12.8 Å². The van der Waals surface area contributed by atoms with Crippen molar-refractivity contribution in [3.63, 3.8) is 0 Å². The van der Waals surface area contributed by atoms with Gasteiger partial charge in [-0.1, -0.05) is 18.0 Å². The summed E-state index contributed by atoms with van der Waals surface area (Å²) in [6.07, 6.45) is 3.59. The molecule has 3 atom stereocenters. The van der Waals surface area contributed by atoms with Gasteiger partial charge in [-0.05, 0) is 59.3 Å². The minimum Gasteiger partial charge on any atom is -0.493 e. The van der Waals surface area contributed by atoms with Crippen LogP contribution in [0.3, 0.4) is 0 Å². The lowest BCUT2D eigenvalue weighted by atomic mass is 9.93. The van der Waals surface area contributed by atoms with Gasteiger partial charge in [0.15, 0.2) is 5.75 Å². The van der Waals surface area contributed by atoms with Crippen LogP contribution < -0.4 is 15.4 Å². The second-order valence-electron chi connectivity index (χ2n) is 5.70. The fourth-order valence-corrected chi connectivity index (χ4v) is 4.52. The van der Waals surface area contributed by atoms with Crippen LogP contribution in [0.1, 0.15) is 19.3 Å². The number of nitrogens with one attached hydrogen (secondary N) is 2. The predicted octanol–water partition coefficient (Wildman–Crippen LogP) is 3.44. The second kappa shape index (κ2) is 6.15. The van der Waals surface area contributed by atoms with Gasteiger partial charge in [0.1, 0.15) is 0 Å². The molecule has 21 heavy (non-hydrogen) atoms. The lowest BCUT2D eigenvalue weighted by Gasteiger charge is -2.19. The van der Waals surface area contributed by atoms with Gasteiger partial charge in [0, 0.05) is 5.02 Å². The summed E-state index contributed by atoms with van der Waals surface area (Å²) in [5.74, 6) is 1.69. The van der Waals surface area contributed by atoms with Crippen LogP contribution in [0.4, 0.5) is 5.69 Å². The molecule has 3 rings (SSSR count). The Morgan fingerprint density at radius 3 is 3.05 bits per heavy atom. The van der Waals surface area contributed by atoms with E-state index in [9.17, 15) is 4.79 Å². The van der Waals surface area contributed by atoms with E-state index in [1.807, 2.05) is 0 Å². The third-order valence-electron chi connectivity index (χ3n) is 4.50. The molecule has 114 valence electrons. The highest BCUT2D eigenvalue weighted by Crippen LogP contribution is 2.39. The molecule has 0 aromatic heterocycles. The molecule has 2 fully saturated rings. The monoisotopic (exact) mass is 372 g/mol. The van der Waals surface area contributed by atoms with Crippen LogP contribution in [0.2, 0.25) is 5.02 Å². The van der Waals surface area contributed by atoms with Gasteiger partial charge in [-0.15, -0.1) is 0 Å². The van der Waals surface area contributed by atoms with E-state index in [-0.39, 0.29) is 11.9 Å². The fraction of sp³-hybridized carbons (Fsp3) is 0.533. The minimum atomic E-state index is -0.111. The van der Waals surface area contributed by atoms with Gasteiger partial charge in [0.05, 0.1) is 23.3 Å². The number of hydrogen-bond donors (Lipinski definition) is 2. The standard InChI is InChI=1S/C15H18BrClN2O2/c1-21-14-11(16)5-9(17)6-12(14)19-15(20)13-10-4-2-3-8(10)7-18-13/h5-6,8,10,13,18H,2-4,7H2,1H3,(H,19,20). The summed E-state index contributed by atoms with van der Waals surface area (Å²) in [6, 6.07) is 3.35. The van der Waals surface area contributed by atoms with E-state index in [1.54, 1.807) is 19.2 Å². The highest BCUT2D eigenvalue weighted by atomic mass is 79.9. The summed E-state index contributed by atoms with van der Waals surface area (Å²) >= 11 is 9.46. The minimum absolute atomic E-state index is 0.00290. The average molecular weight is 374 g/mol. The van der Waals surface area contributed by atoms with Crippen molar-refractivity contribution in [2.24, 2.45) is 11.8 Å². The molecule has 0 spiro atoms. The number of methoxy groups -OCH3 is 1. The normalized spacial score (nSPS) is 27.5. The van der Waals surface area contributed by atoms with E-state index in [0.29, 0.717) is 28.3 Å². The summed E-state index contributed by atoms with van der Waals surface area (Å²) in [7, 11) is 1.57. The molecule has 1 amide bonds. The van der Waals surface area contributed by atoms with Gasteiger partial charge in [0.25, 0.3) is 0 Å². The number of hydrogen-bond acceptors (Lipinski definition) is 3. The van der Waals surface area contributed by atoms with Crippen LogP contribution in [-0.4, -0.2) is 25.6 Å². The summed E-state index contributed by atoms with van der Waals surface area (Å²) in [4.78, 5) is 12.6. The van der Waals surface area contributed by atoms with E-state index < -0.39 is 0 Å². The first kappa shape index (κ1) is 15.1. The Hall–Kier alpha value is -0.780. The highest BCUT2D eigenvalue weighted by Gasteiger charge is 2.42. The first-order valence-corrected chi connectivity index (χ1v) is 8.34. The summed E-state index contributed by atoms with van der Waals surface area (Å²) in [5, 5.41) is 6.86.